The fourth-order valence-electron chi connectivity index (χ4n) is 3.29. The van der Waals surface area contributed by atoms with Gasteiger partial charge in [0.1, 0.15) is 0 Å². The van der Waals surface area contributed by atoms with Crippen LogP contribution in [0.15, 0.2) is 54.0 Å². The third kappa shape index (κ3) is 4.06. The number of aromatic nitrogens is 3. The van der Waals surface area contributed by atoms with Crippen LogP contribution < -0.4 is 5.32 Å². The second-order valence-corrected chi connectivity index (χ2v) is 7.61. The Morgan fingerprint density at radius 3 is 2.83 bits per heavy atom. The number of fused-ring (bicyclic) bond motifs is 1. The number of thiophene rings is 1. The summed E-state index contributed by atoms with van der Waals surface area (Å²) < 4.78 is 7.00. The molecular formula is C22H22N4O2S. The van der Waals surface area contributed by atoms with Crippen molar-refractivity contribution in [3.63, 3.8) is 0 Å². The van der Waals surface area contributed by atoms with Crippen LogP contribution in [-0.4, -0.2) is 27.8 Å². The van der Waals surface area contributed by atoms with Crippen molar-refractivity contribution in [1.82, 2.24) is 20.1 Å². The summed E-state index contributed by atoms with van der Waals surface area (Å²) in [7, 11) is 1.67. The molecule has 0 unspecified atom stereocenters. The lowest BCUT2D eigenvalue weighted by Crippen LogP contribution is -2.23. The molecule has 0 aliphatic rings. The van der Waals surface area contributed by atoms with Crippen molar-refractivity contribution in [3.05, 3.63) is 70.7 Å². The van der Waals surface area contributed by atoms with E-state index in [0.29, 0.717) is 25.3 Å². The Kier molecular flexibility index (Phi) is 5.69. The molecule has 29 heavy (non-hydrogen) atoms. The van der Waals surface area contributed by atoms with Crippen molar-refractivity contribution in [2.24, 2.45) is 0 Å². The topological polar surface area (TPSA) is 69.0 Å². The minimum Gasteiger partial charge on any atom is -0.380 e. The molecule has 1 amide bonds. The Bertz CT molecular complexity index is 1140. The summed E-state index contributed by atoms with van der Waals surface area (Å²) >= 11 is 1.60. The number of amides is 1. The lowest BCUT2D eigenvalue weighted by atomic mass is 10.1. The van der Waals surface area contributed by atoms with Crippen LogP contribution in [0.5, 0.6) is 0 Å². The summed E-state index contributed by atoms with van der Waals surface area (Å²) in [6.45, 7) is 3.69. The largest absolute Gasteiger partial charge is 0.380 e. The maximum Gasteiger partial charge on any atom is 0.252 e. The van der Waals surface area contributed by atoms with Gasteiger partial charge in [-0.3, -0.25) is 4.79 Å². The summed E-state index contributed by atoms with van der Waals surface area (Å²) in [5.74, 6) is -0.136. The third-order valence-electron chi connectivity index (χ3n) is 4.68. The van der Waals surface area contributed by atoms with E-state index in [9.17, 15) is 4.79 Å². The smallest absolute Gasteiger partial charge is 0.252 e. The van der Waals surface area contributed by atoms with E-state index in [-0.39, 0.29) is 5.91 Å². The van der Waals surface area contributed by atoms with E-state index in [4.69, 9.17) is 9.72 Å². The number of rotatable bonds is 7. The highest BCUT2D eigenvalue weighted by atomic mass is 32.1. The van der Waals surface area contributed by atoms with Crippen molar-refractivity contribution in [3.8, 4) is 10.6 Å². The number of nitrogens with one attached hydrogen (secondary N) is 1. The molecule has 0 bridgehead atoms. The van der Waals surface area contributed by atoms with Crippen LogP contribution in [-0.2, 0) is 24.4 Å². The van der Waals surface area contributed by atoms with Crippen molar-refractivity contribution >= 4 is 28.3 Å². The molecule has 1 aromatic carbocycles. The minimum absolute atomic E-state index is 0.136. The van der Waals surface area contributed by atoms with Crippen LogP contribution in [0, 0.1) is 0 Å². The molecule has 4 aromatic rings. The number of hydrogen-bond donors (Lipinski definition) is 1. The van der Waals surface area contributed by atoms with Crippen LogP contribution in [0.3, 0.4) is 0 Å². The first kappa shape index (κ1) is 19.3. The van der Waals surface area contributed by atoms with Crippen molar-refractivity contribution < 1.29 is 9.53 Å². The number of pyridine rings is 1. The molecule has 0 radical (unpaired) electrons. The molecule has 3 heterocycles. The second kappa shape index (κ2) is 8.55. The average molecular weight is 407 g/mol. The van der Waals surface area contributed by atoms with Crippen molar-refractivity contribution in [2.45, 2.75) is 26.6 Å². The van der Waals surface area contributed by atoms with Gasteiger partial charge in [-0.25, -0.2) is 9.67 Å². The van der Waals surface area contributed by atoms with Gasteiger partial charge in [0.25, 0.3) is 5.91 Å². The Hall–Kier alpha value is -3.03. The maximum absolute atomic E-state index is 13.1. The molecular weight excluding hydrogens is 384 g/mol. The standard InChI is InChI=1S/C22H22N4O2S/c1-3-26-21-18(13-24-26)17(11-19(25-21)20-8-5-9-29-20)22(27)23-12-15-6-4-7-16(10-15)14-28-2/h4-11,13H,3,12,14H2,1-2H3,(H,23,27). The Balaban J connectivity index is 1.64. The van der Waals surface area contributed by atoms with Gasteiger partial charge in [0.2, 0.25) is 0 Å². The van der Waals surface area contributed by atoms with Gasteiger partial charge in [0, 0.05) is 20.2 Å². The molecule has 0 aliphatic heterocycles. The van der Waals surface area contributed by atoms with E-state index < -0.39 is 0 Å². The van der Waals surface area contributed by atoms with Gasteiger partial charge in [-0.05, 0) is 35.6 Å². The van der Waals surface area contributed by atoms with E-state index >= 15 is 0 Å². The number of ether oxygens (including phenoxy) is 1. The van der Waals surface area contributed by atoms with E-state index in [1.165, 1.54) is 0 Å². The number of carbonyl (C=O) groups excluding carboxylic acids is 1. The summed E-state index contributed by atoms with van der Waals surface area (Å²) in [5, 5.41) is 10.2. The molecule has 0 saturated carbocycles. The summed E-state index contributed by atoms with van der Waals surface area (Å²) in [5.41, 5.74) is 4.21. The molecule has 6 nitrogen and oxygen atoms in total. The van der Waals surface area contributed by atoms with Crippen molar-refractivity contribution in [1.29, 1.82) is 0 Å². The van der Waals surface area contributed by atoms with Gasteiger partial charge in [0.05, 0.1) is 34.3 Å². The number of aryl methyl sites for hydroxylation is 1. The van der Waals surface area contributed by atoms with Crippen LogP contribution in [0.1, 0.15) is 28.4 Å². The number of methoxy groups -OCH3 is 1. The van der Waals surface area contributed by atoms with Gasteiger partial charge in [0.15, 0.2) is 5.65 Å². The van der Waals surface area contributed by atoms with Crippen molar-refractivity contribution in [2.75, 3.05) is 7.11 Å². The molecule has 0 fully saturated rings. The Morgan fingerprint density at radius 2 is 2.07 bits per heavy atom. The highest BCUT2D eigenvalue weighted by molar-refractivity contribution is 7.13. The number of hydrogen-bond acceptors (Lipinski definition) is 5. The lowest BCUT2D eigenvalue weighted by Gasteiger charge is -2.10. The molecule has 3 aromatic heterocycles. The van der Waals surface area contributed by atoms with Gasteiger partial charge in [-0.2, -0.15) is 5.10 Å². The molecule has 1 N–H and O–H groups in total. The minimum atomic E-state index is -0.136. The zero-order chi connectivity index (χ0) is 20.2. The van der Waals surface area contributed by atoms with Gasteiger partial charge in [-0.1, -0.05) is 30.3 Å². The molecule has 0 aliphatic carbocycles. The highest BCUT2D eigenvalue weighted by Gasteiger charge is 2.17. The van der Waals surface area contributed by atoms with Gasteiger partial charge in [-0.15, -0.1) is 11.3 Å². The first-order chi connectivity index (χ1) is 14.2. The first-order valence-corrected chi connectivity index (χ1v) is 10.3. The maximum atomic E-state index is 13.1. The van der Waals surface area contributed by atoms with E-state index in [1.807, 2.05) is 59.5 Å². The second-order valence-electron chi connectivity index (χ2n) is 6.67. The van der Waals surface area contributed by atoms with Crippen LogP contribution in [0.2, 0.25) is 0 Å². The predicted octanol–water partition coefficient (Wildman–Crippen LogP) is 4.26. The fourth-order valence-corrected chi connectivity index (χ4v) is 3.98. The van der Waals surface area contributed by atoms with Gasteiger partial charge < -0.3 is 10.1 Å². The molecule has 0 spiro atoms. The molecule has 4 rings (SSSR count). The summed E-state index contributed by atoms with van der Waals surface area (Å²) in [6, 6.07) is 13.9. The Morgan fingerprint density at radius 1 is 1.21 bits per heavy atom. The van der Waals surface area contributed by atoms with E-state index in [0.717, 1.165) is 32.7 Å². The van der Waals surface area contributed by atoms with Crippen LogP contribution >= 0.6 is 11.3 Å². The lowest BCUT2D eigenvalue weighted by molar-refractivity contribution is 0.0952. The number of carbonyl (C=O) groups is 1. The van der Waals surface area contributed by atoms with Crippen LogP contribution in [0.25, 0.3) is 21.6 Å². The highest BCUT2D eigenvalue weighted by Crippen LogP contribution is 2.28. The normalized spacial score (nSPS) is 11.1. The molecule has 7 heteroatoms. The zero-order valence-corrected chi connectivity index (χ0v) is 17.2. The number of benzene rings is 1. The Labute approximate surface area is 173 Å². The zero-order valence-electron chi connectivity index (χ0n) is 16.4. The van der Waals surface area contributed by atoms with Gasteiger partial charge >= 0.3 is 0 Å². The average Bonchev–Trinajstić information content (AvgIpc) is 3.41. The monoisotopic (exact) mass is 406 g/mol. The summed E-state index contributed by atoms with van der Waals surface area (Å²) in [6.07, 6.45) is 1.72. The first-order valence-electron chi connectivity index (χ1n) is 9.45. The quantitative estimate of drug-likeness (QED) is 0.498. The molecule has 0 atom stereocenters. The van der Waals surface area contributed by atoms with E-state index in [1.54, 1.807) is 24.6 Å². The van der Waals surface area contributed by atoms with Crippen LogP contribution in [0.4, 0.5) is 0 Å². The molecule has 148 valence electrons. The van der Waals surface area contributed by atoms with E-state index in [2.05, 4.69) is 10.4 Å². The summed E-state index contributed by atoms with van der Waals surface area (Å²) in [4.78, 5) is 18.8. The fraction of sp³-hybridized carbons (Fsp3) is 0.227. The number of nitrogens with zero attached hydrogens (tertiary/aromatic N) is 3. The predicted molar refractivity (Wildman–Crippen MR) is 115 cm³/mol. The third-order valence-corrected chi connectivity index (χ3v) is 5.57. The molecule has 0 saturated heterocycles. The SMILES string of the molecule is CCn1ncc2c(C(=O)NCc3cccc(COC)c3)cc(-c3cccs3)nc21.